The Bertz CT molecular complexity index is 680. The third-order valence-corrected chi connectivity index (χ3v) is 5.00. The second-order valence-electron chi connectivity index (χ2n) is 6.07. The molecule has 2 atom stereocenters. The highest BCUT2D eigenvalue weighted by Gasteiger charge is 2.28. The Morgan fingerprint density at radius 3 is 2.54 bits per heavy atom. The van der Waals surface area contributed by atoms with Gasteiger partial charge in [-0.15, -0.1) is 0 Å². The number of likely N-dealkylation sites (tertiary alicyclic amines) is 1. The van der Waals surface area contributed by atoms with Gasteiger partial charge in [-0.05, 0) is 43.1 Å². The minimum atomic E-state index is -0.579. The van der Waals surface area contributed by atoms with Crippen molar-refractivity contribution in [3.63, 3.8) is 0 Å². The van der Waals surface area contributed by atoms with Crippen LogP contribution in [0.3, 0.4) is 0 Å². The van der Waals surface area contributed by atoms with E-state index < -0.39 is 6.10 Å². The summed E-state index contributed by atoms with van der Waals surface area (Å²) >= 11 is 12.4. The van der Waals surface area contributed by atoms with Gasteiger partial charge in [-0.25, -0.2) is 0 Å². The van der Waals surface area contributed by atoms with E-state index in [9.17, 15) is 5.11 Å². The maximum atomic E-state index is 10.4. The quantitative estimate of drug-likeness (QED) is 0.813. The Balaban J connectivity index is 1.58. The molecular weight excluding hydrogens is 345 g/mol. The molecule has 5 heteroatoms. The second kappa shape index (κ2) is 8.21. The van der Waals surface area contributed by atoms with E-state index >= 15 is 0 Å². The van der Waals surface area contributed by atoms with Gasteiger partial charge < -0.3 is 9.84 Å². The van der Waals surface area contributed by atoms with E-state index in [1.54, 1.807) is 12.1 Å². The highest BCUT2D eigenvalue weighted by atomic mass is 35.5. The van der Waals surface area contributed by atoms with Crippen LogP contribution < -0.4 is 4.74 Å². The number of hydrogen-bond donors (Lipinski definition) is 1. The summed E-state index contributed by atoms with van der Waals surface area (Å²) in [6.45, 7) is 1.73. The molecule has 0 spiro atoms. The van der Waals surface area contributed by atoms with Gasteiger partial charge in [0.25, 0.3) is 0 Å². The largest absolute Gasteiger partial charge is 0.489 e. The van der Waals surface area contributed by atoms with E-state index in [2.05, 4.69) is 11.0 Å². The van der Waals surface area contributed by atoms with Crippen LogP contribution in [0.2, 0.25) is 10.0 Å². The molecule has 3 nitrogen and oxygen atoms in total. The maximum absolute atomic E-state index is 10.4. The molecule has 0 bridgehead atoms. The van der Waals surface area contributed by atoms with E-state index in [1.165, 1.54) is 0 Å². The van der Waals surface area contributed by atoms with Crippen molar-refractivity contribution in [3.8, 4) is 5.75 Å². The van der Waals surface area contributed by atoms with Crippen LogP contribution in [-0.4, -0.2) is 35.8 Å². The lowest BCUT2D eigenvalue weighted by molar-refractivity contribution is 0.0639. The highest BCUT2D eigenvalue weighted by molar-refractivity contribution is 6.32. The minimum Gasteiger partial charge on any atom is -0.489 e. The number of ether oxygens (including phenoxy) is 1. The van der Waals surface area contributed by atoms with Gasteiger partial charge >= 0.3 is 0 Å². The number of para-hydroxylation sites is 1. The molecule has 2 aromatic carbocycles. The Labute approximate surface area is 152 Å². The molecule has 1 aliphatic heterocycles. The molecule has 1 heterocycles. The van der Waals surface area contributed by atoms with Crippen molar-refractivity contribution in [2.45, 2.75) is 25.0 Å². The summed E-state index contributed by atoms with van der Waals surface area (Å²) in [6, 6.07) is 15.5. The van der Waals surface area contributed by atoms with Crippen LogP contribution in [0.5, 0.6) is 5.75 Å². The van der Waals surface area contributed by atoms with E-state index in [4.69, 9.17) is 27.9 Å². The fourth-order valence-electron chi connectivity index (χ4n) is 3.21. The zero-order chi connectivity index (χ0) is 16.9. The van der Waals surface area contributed by atoms with Crippen molar-refractivity contribution < 1.29 is 9.84 Å². The van der Waals surface area contributed by atoms with Gasteiger partial charge in [0.15, 0.2) is 0 Å². The number of benzene rings is 2. The first-order valence-electron chi connectivity index (χ1n) is 8.19. The number of halogens is 2. The SMILES string of the molecule is OC(COc1ccccc1Cl)CN1CCCC1c1ccccc1Cl. The lowest BCUT2D eigenvalue weighted by Gasteiger charge is -2.27. The van der Waals surface area contributed by atoms with Gasteiger partial charge in [-0.3, -0.25) is 4.90 Å². The van der Waals surface area contributed by atoms with Crippen LogP contribution in [0.25, 0.3) is 0 Å². The normalized spacial score (nSPS) is 19.4. The monoisotopic (exact) mass is 365 g/mol. The third kappa shape index (κ3) is 4.22. The maximum Gasteiger partial charge on any atom is 0.138 e. The molecule has 3 rings (SSSR count). The van der Waals surface area contributed by atoms with Gasteiger partial charge in [0.1, 0.15) is 18.5 Å². The molecule has 1 aliphatic rings. The molecule has 2 aromatic rings. The van der Waals surface area contributed by atoms with Gasteiger partial charge in [0.05, 0.1) is 5.02 Å². The van der Waals surface area contributed by atoms with Crippen LogP contribution in [0.4, 0.5) is 0 Å². The van der Waals surface area contributed by atoms with Crippen molar-refractivity contribution >= 4 is 23.2 Å². The Kier molecular flexibility index (Phi) is 6.01. The lowest BCUT2D eigenvalue weighted by atomic mass is 10.0. The highest BCUT2D eigenvalue weighted by Crippen LogP contribution is 2.35. The smallest absolute Gasteiger partial charge is 0.138 e. The number of hydrogen-bond acceptors (Lipinski definition) is 3. The first kappa shape index (κ1) is 17.6. The summed E-state index contributed by atoms with van der Waals surface area (Å²) in [5.41, 5.74) is 1.14. The van der Waals surface area contributed by atoms with E-state index in [-0.39, 0.29) is 12.6 Å². The lowest BCUT2D eigenvalue weighted by Crippen LogP contribution is -2.35. The molecule has 0 amide bonds. The summed E-state index contributed by atoms with van der Waals surface area (Å²) in [4.78, 5) is 2.28. The third-order valence-electron chi connectivity index (χ3n) is 4.34. The molecule has 0 aliphatic carbocycles. The summed E-state index contributed by atoms with van der Waals surface area (Å²) in [7, 11) is 0. The number of aliphatic hydroxyl groups is 1. The summed E-state index contributed by atoms with van der Waals surface area (Å²) in [6.07, 6.45) is 1.58. The predicted octanol–water partition coefficient (Wildman–Crippen LogP) is 4.57. The Morgan fingerprint density at radius 2 is 1.79 bits per heavy atom. The number of β-amino-alcohol motifs (C(OH)–C–C–N with tert-alkyl or cyclic N) is 1. The number of rotatable bonds is 6. The molecule has 24 heavy (non-hydrogen) atoms. The van der Waals surface area contributed by atoms with Crippen molar-refractivity contribution in [2.75, 3.05) is 19.7 Å². The average molecular weight is 366 g/mol. The number of aliphatic hydroxyl groups excluding tert-OH is 1. The fraction of sp³-hybridized carbons (Fsp3) is 0.368. The zero-order valence-corrected chi connectivity index (χ0v) is 14.9. The van der Waals surface area contributed by atoms with Crippen LogP contribution in [0, 0.1) is 0 Å². The van der Waals surface area contributed by atoms with Crippen molar-refractivity contribution in [1.29, 1.82) is 0 Å². The number of nitrogens with zero attached hydrogens (tertiary/aromatic N) is 1. The zero-order valence-electron chi connectivity index (χ0n) is 13.4. The second-order valence-corrected chi connectivity index (χ2v) is 6.88. The van der Waals surface area contributed by atoms with Crippen LogP contribution in [-0.2, 0) is 0 Å². The van der Waals surface area contributed by atoms with Gasteiger partial charge in [-0.1, -0.05) is 53.5 Å². The van der Waals surface area contributed by atoms with Crippen molar-refractivity contribution in [1.82, 2.24) is 4.90 Å². The van der Waals surface area contributed by atoms with Crippen molar-refractivity contribution in [3.05, 3.63) is 64.1 Å². The summed E-state index contributed by atoms with van der Waals surface area (Å²) < 4.78 is 5.64. The Hall–Kier alpha value is -1.26. The topological polar surface area (TPSA) is 32.7 Å². The molecule has 2 unspecified atom stereocenters. The van der Waals surface area contributed by atoms with E-state index in [0.717, 1.165) is 30.0 Å². The van der Waals surface area contributed by atoms with Gasteiger partial charge in [-0.2, -0.15) is 0 Å². The van der Waals surface area contributed by atoms with E-state index in [0.29, 0.717) is 17.3 Å². The van der Waals surface area contributed by atoms with Gasteiger partial charge in [0, 0.05) is 17.6 Å². The summed E-state index contributed by atoms with van der Waals surface area (Å²) in [5, 5.41) is 11.7. The molecule has 128 valence electrons. The fourth-order valence-corrected chi connectivity index (χ4v) is 3.67. The molecule has 0 radical (unpaired) electrons. The first-order chi connectivity index (χ1) is 11.6. The average Bonchev–Trinajstić information content (AvgIpc) is 3.02. The first-order valence-corrected chi connectivity index (χ1v) is 8.94. The molecule has 1 N–H and O–H groups in total. The predicted molar refractivity (Wildman–Crippen MR) is 98.0 cm³/mol. The van der Waals surface area contributed by atoms with Crippen LogP contribution in [0.15, 0.2) is 48.5 Å². The van der Waals surface area contributed by atoms with Crippen molar-refractivity contribution in [2.24, 2.45) is 0 Å². The molecule has 0 aromatic heterocycles. The van der Waals surface area contributed by atoms with Crippen LogP contribution in [0.1, 0.15) is 24.4 Å². The Morgan fingerprint density at radius 1 is 1.08 bits per heavy atom. The van der Waals surface area contributed by atoms with Crippen LogP contribution >= 0.6 is 23.2 Å². The molecule has 1 saturated heterocycles. The van der Waals surface area contributed by atoms with Gasteiger partial charge in [0.2, 0.25) is 0 Å². The minimum absolute atomic E-state index is 0.218. The molecule has 0 saturated carbocycles. The standard InChI is InChI=1S/C19H21Cl2NO2/c20-16-7-2-1-6-15(16)18-9-5-11-22(18)12-14(23)13-24-19-10-4-3-8-17(19)21/h1-4,6-8,10,14,18,23H,5,9,11-13H2. The molecule has 1 fully saturated rings. The van der Waals surface area contributed by atoms with E-state index in [1.807, 2.05) is 30.3 Å². The summed E-state index contributed by atoms with van der Waals surface area (Å²) in [5.74, 6) is 0.599. The molecular formula is C19H21Cl2NO2.